The standard InChI is InChI=1S/C25H26N2O4S/c1-3-31-22-12-14-23(15-13-22)32(29,30)27-17-20-7-5-4-6-19(20)16-24(27)25(28)26-21-10-8-18(2)9-11-21/h4-15,24H,3,16-17H2,1-2H3,(H,26,28). The van der Waals surface area contributed by atoms with Gasteiger partial charge in [0.15, 0.2) is 0 Å². The van der Waals surface area contributed by atoms with Crippen molar-refractivity contribution in [1.82, 2.24) is 4.31 Å². The number of carbonyl (C=O) groups is 1. The van der Waals surface area contributed by atoms with Crippen molar-refractivity contribution >= 4 is 21.6 Å². The van der Waals surface area contributed by atoms with Crippen molar-refractivity contribution in [2.75, 3.05) is 11.9 Å². The molecular weight excluding hydrogens is 424 g/mol. The molecule has 7 heteroatoms. The summed E-state index contributed by atoms with van der Waals surface area (Å²) in [5.41, 5.74) is 3.60. The second kappa shape index (κ2) is 9.14. The molecule has 1 amide bonds. The van der Waals surface area contributed by atoms with E-state index in [2.05, 4.69) is 5.32 Å². The number of ether oxygens (including phenoxy) is 1. The fraction of sp³-hybridized carbons (Fsp3) is 0.240. The number of nitrogens with zero attached hydrogens (tertiary/aromatic N) is 1. The zero-order chi connectivity index (χ0) is 22.7. The lowest BCUT2D eigenvalue weighted by atomic mass is 9.95. The molecule has 0 aromatic heterocycles. The van der Waals surface area contributed by atoms with Crippen LogP contribution in [0.5, 0.6) is 5.75 Å². The molecule has 1 aliphatic rings. The Morgan fingerprint density at radius 1 is 1.00 bits per heavy atom. The van der Waals surface area contributed by atoms with Crippen LogP contribution in [-0.2, 0) is 27.8 Å². The number of carbonyl (C=O) groups excluding carboxylic acids is 1. The summed E-state index contributed by atoms with van der Waals surface area (Å²) >= 11 is 0. The van der Waals surface area contributed by atoms with E-state index in [9.17, 15) is 13.2 Å². The molecular formula is C25H26N2O4S. The molecule has 0 bridgehead atoms. The number of aryl methyl sites for hydroxylation is 1. The molecule has 3 aromatic carbocycles. The maximum atomic E-state index is 13.6. The molecule has 1 unspecified atom stereocenters. The highest BCUT2D eigenvalue weighted by molar-refractivity contribution is 7.89. The van der Waals surface area contributed by atoms with Crippen LogP contribution < -0.4 is 10.1 Å². The molecule has 0 aliphatic carbocycles. The zero-order valence-electron chi connectivity index (χ0n) is 18.1. The molecule has 166 valence electrons. The zero-order valence-corrected chi connectivity index (χ0v) is 18.9. The van der Waals surface area contributed by atoms with E-state index in [-0.39, 0.29) is 17.3 Å². The molecule has 0 saturated carbocycles. The second-order valence-corrected chi connectivity index (χ2v) is 9.69. The van der Waals surface area contributed by atoms with Gasteiger partial charge in [-0.2, -0.15) is 4.31 Å². The SMILES string of the molecule is CCOc1ccc(S(=O)(=O)N2Cc3ccccc3CC2C(=O)Nc2ccc(C)cc2)cc1. The number of hydrogen-bond donors (Lipinski definition) is 1. The predicted octanol–water partition coefficient (Wildman–Crippen LogP) is 4.15. The third-order valence-electron chi connectivity index (χ3n) is 5.57. The first-order chi connectivity index (χ1) is 15.4. The third-order valence-corrected chi connectivity index (χ3v) is 7.44. The first-order valence-corrected chi connectivity index (χ1v) is 12.0. The van der Waals surface area contributed by atoms with Crippen molar-refractivity contribution in [2.45, 2.75) is 37.8 Å². The van der Waals surface area contributed by atoms with Gasteiger partial charge in [0.25, 0.3) is 0 Å². The Bertz CT molecular complexity index is 1210. The molecule has 0 spiro atoms. The van der Waals surface area contributed by atoms with Crippen LogP contribution in [0.1, 0.15) is 23.6 Å². The van der Waals surface area contributed by atoms with Crippen LogP contribution in [0.25, 0.3) is 0 Å². The number of benzene rings is 3. The quantitative estimate of drug-likeness (QED) is 0.612. The average molecular weight is 451 g/mol. The number of nitrogens with one attached hydrogen (secondary N) is 1. The fourth-order valence-electron chi connectivity index (χ4n) is 3.85. The van der Waals surface area contributed by atoms with Crippen molar-refractivity contribution < 1.29 is 17.9 Å². The van der Waals surface area contributed by atoms with Gasteiger partial charge in [0.05, 0.1) is 11.5 Å². The van der Waals surface area contributed by atoms with E-state index in [0.29, 0.717) is 24.5 Å². The minimum Gasteiger partial charge on any atom is -0.494 e. The Balaban J connectivity index is 1.67. The van der Waals surface area contributed by atoms with Gasteiger partial charge in [0, 0.05) is 12.2 Å². The monoisotopic (exact) mass is 450 g/mol. The Labute approximate surface area is 188 Å². The number of hydrogen-bond acceptors (Lipinski definition) is 4. The molecule has 0 radical (unpaired) electrons. The van der Waals surface area contributed by atoms with Crippen molar-refractivity contribution in [2.24, 2.45) is 0 Å². The van der Waals surface area contributed by atoms with Gasteiger partial charge in [-0.05, 0) is 67.8 Å². The molecule has 1 N–H and O–H groups in total. The highest BCUT2D eigenvalue weighted by Gasteiger charge is 2.39. The third kappa shape index (κ3) is 4.54. The smallest absolute Gasteiger partial charge is 0.244 e. The van der Waals surface area contributed by atoms with E-state index in [1.807, 2.05) is 62.4 Å². The molecule has 1 heterocycles. The normalized spacial score (nSPS) is 16.2. The summed E-state index contributed by atoms with van der Waals surface area (Å²) in [7, 11) is -3.91. The van der Waals surface area contributed by atoms with E-state index < -0.39 is 16.1 Å². The molecule has 3 aromatic rings. The molecule has 0 saturated heterocycles. The van der Waals surface area contributed by atoms with E-state index in [1.165, 1.54) is 16.4 Å². The Morgan fingerprint density at radius 3 is 2.31 bits per heavy atom. The van der Waals surface area contributed by atoms with Crippen LogP contribution in [0.15, 0.2) is 77.7 Å². The van der Waals surface area contributed by atoms with Crippen LogP contribution in [0, 0.1) is 6.92 Å². The van der Waals surface area contributed by atoms with Gasteiger partial charge in [-0.25, -0.2) is 8.42 Å². The second-order valence-electron chi connectivity index (χ2n) is 7.80. The first kappa shape index (κ1) is 22.0. The van der Waals surface area contributed by atoms with Crippen molar-refractivity contribution in [3.8, 4) is 5.75 Å². The maximum absolute atomic E-state index is 13.6. The molecule has 4 rings (SSSR count). The highest BCUT2D eigenvalue weighted by Crippen LogP contribution is 2.30. The lowest BCUT2D eigenvalue weighted by Gasteiger charge is -2.35. The van der Waals surface area contributed by atoms with Crippen LogP contribution >= 0.6 is 0 Å². The Morgan fingerprint density at radius 2 is 1.66 bits per heavy atom. The van der Waals surface area contributed by atoms with Crippen LogP contribution in [0.4, 0.5) is 5.69 Å². The minimum absolute atomic E-state index is 0.133. The molecule has 1 atom stereocenters. The summed E-state index contributed by atoms with van der Waals surface area (Å²) < 4.78 is 33.9. The summed E-state index contributed by atoms with van der Waals surface area (Å²) in [5.74, 6) is 0.252. The Kier molecular flexibility index (Phi) is 6.30. The predicted molar refractivity (Wildman–Crippen MR) is 124 cm³/mol. The van der Waals surface area contributed by atoms with E-state index in [4.69, 9.17) is 4.74 Å². The number of sulfonamides is 1. The van der Waals surface area contributed by atoms with Crippen LogP contribution in [0.2, 0.25) is 0 Å². The van der Waals surface area contributed by atoms with Gasteiger partial charge in [-0.1, -0.05) is 42.0 Å². The average Bonchev–Trinajstić information content (AvgIpc) is 2.80. The molecule has 32 heavy (non-hydrogen) atoms. The summed E-state index contributed by atoms with van der Waals surface area (Å²) in [6, 6.07) is 20.5. The lowest BCUT2D eigenvalue weighted by molar-refractivity contribution is -0.120. The number of anilines is 1. The number of amides is 1. The molecule has 1 aliphatic heterocycles. The van der Waals surface area contributed by atoms with Crippen LogP contribution in [-0.4, -0.2) is 31.3 Å². The first-order valence-electron chi connectivity index (χ1n) is 10.6. The maximum Gasteiger partial charge on any atom is 0.244 e. The van der Waals surface area contributed by atoms with Gasteiger partial charge in [0.2, 0.25) is 15.9 Å². The van der Waals surface area contributed by atoms with Crippen molar-refractivity contribution in [1.29, 1.82) is 0 Å². The van der Waals surface area contributed by atoms with Crippen LogP contribution in [0.3, 0.4) is 0 Å². The largest absolute Gasteiger partial charge is 0.494 e. The van der Waals surface area contributed by atoms with E-state index in [1.54, 1.807) is 12.1 Å². The Hall–Kier alpha value is -3.16. The topological polar surface area (TPSA) is 75.7 Å². The van der Waals surface area contributed by atoms with Gasteiger partial charge in [-0.3, -0.25) is 4.79 Å². The summed E-state index contributed by atoms with van der Waals surface area (Å²) in [4.78, 5) is 13.4. The summed E-state index contributed by atoms with van der Waals surface area (Å²) in [6.45, 7) is 4.47. The molecule has 0 fully saturated rings. The summed E-state index contributed by atoms with van der Waals surface area (Å²) in [6.07, 6.45) is 0.310. The number of fused-ring (bicyclic) bond motifs is 1. The van der Waals surface area contributed by atoms with E-state index in [0.717, 1.165) is 16.7 Å². The van der Waals surface area contributed by atoms with Gasteiger partial charge in [-0.15, -0.1) is 0 Å². The van der Waals surface area contributed by atoms with Gasteiger partial charge in [0.1, 0.15) is 11.8 Å². The van der Waals surface area contributed by atoms with Crippen molar-refractivity contribution in [3.05, 3.63) is 89.5 Å². The molecule has 6 nitrogen and oxygen atoms in total. The highest BCUT2D eigenvalue weighted by atomic mass is 32.2. The minimum atomic E-state index is -3.91. The lowest BCUT2D eigenvalue weighted by Crippen LogP contribution is -2.50. The van der Waals surface area contributed by atoms with Crippen molar-refractivity contribution in [3.63, 3.8) is 0 Å². The van der Waals surface area contributed by atoms with Gasteiger partial charge >= 0.3 is 0 Å². The fourth-order valence-corrected chi connectivity index (χ4v) is 5.41. The number of rotatable bonds is 6. The summed E-state index contributed by atoms with van der Waals surface area (Å²) in [5, 5.41) is 2.88. The van der Waals surface area contributed by atoms with Gasteiger partial charge < -0.3 is 10.1 Å². The van der Waals surface area contributed by atoms with E-state index >= 15 is 0 Å².